The van der Waals surface area contributed by atoms with Gasteiger partial charge in [-0.1, -0.05) is 30.3 Å². The second-order valence-electron chi connectivity index (χ2n) is 7.79. The van der Waals surface area contributed by atoms with Crippen LogP contribution in [0.5, 0.6) is 0 Å². The highest BCUT2D eigenvalue weighted by atomic mass is 19.1. The van der Waals surface area contributed by atoms with Crippen molar-refractivity contribution in [3.8, 4) is 0 Å². The second-order valence-corrected chi connectivity index (χ2v) is 7.79. The zero-order valence-electron chi connectivity index (χ0n) is 18.4. The zero-order chi connectivity index (χ0) is 23.9. The van der Waals surface area contributed by atoms with E-state index >= 15 is 0 Å². The Hall–Kier alpha value is -4.20. The molecule has 7 nitrogen and oxygen atoms in total. The van der Waals surface area contributed by atoms with Crippen molar-refractivity contribution in [2.45, 2.75) is 0 Å². The summed E-state index contributed by atoms with van der Waals surface area (Å²) in [5.41, 5.74) is 1.83. The summed E-state index contributed by atoms with van der Waals surface area (Å²) in [7, 11) is 0. The molecule has 0 bridgehead atoms. The van der Waals surface area contributed by atoms with Gasteiger partial charge in [-0.3, -0.25) is 9.59 Å². The molecular formula is C26H24FN3O4. The minimum Gasteiger partial charge on any atom is -0.452 e. The molecule has 0 radical (unpaired) electrons. The Morgan fingerprint density at radius 3 is 2.18 bits per heavy atom. The van der Waals surface area contributed by atoms with Crippen LogP contribution in [0.1, 0.15) is 20.7 Å². The standard InChI is InChI=1S/C26H24FN3O4/c27-20-10-12-21(13-11-20)29-14-16-30(17-15-29)24(31)18-34-26(33)22-8-4-5-9-23(22)28-25(32)19-6-2-1-3-7-19/h1-13H,14-18H2,(H,28,32). The molecule has 1 N–H and O–H groups in total. The van der Waals surface area contributed by atoms with Crippen molar-refractivity contribution in [2.24, 2.45) is 0 Å². The fourth-order valence-corrected chi connectivity index (χ4v) is 3.72. The van der Waals surface area contributed by atoms with Gasteiger partial charge >= 0.3 is 5.97 Å². The van der Waals surface area contributed by atoms with Gasteiger partial charge in [-0.05, 0) is 48.5 Å². The first-order chi connectivity index (χ1) is 16.5. The highest BCUT2D eigenvalue weighted by Crippen LogP contribution is 2.19. The van der Waals surface area contributed by atoms with E-state index in [4.69, 9.17) is 4.74 Å². The quantitative estimate of drug-likeness (QED) is 0.568. The first kappa shape index (κ1) is 23.0. The molecule has 0 atom stereocenters. The summed E-state index contributed by atoms with van der Waals surface area (Å²) < 4.78 is 18.4. The second kappa shape index (κ2) is 10.6. The summed E-state index contributed by atoms with van der Waals surface area (Å²) in [4.78, 5) is 41.4. The Morgan fingerprint density at radius 1 is 0.824 bits per heavy atom. The van der Waals surface area contributed by atoms with Gasteiger partial charge in [-0.2, -0.15) is 0 Å². The van der Waals surface area contributed by atoms with Crippen LogP contribution in [0.4, 0.5) is 15.8 Å². The van der Waals surface area contributed by atoms with Crippen molar-refractivity contribution >= 4 is 29.2 Å². The highest BCUT2D eigenvalue weighted by Gasteiger charge is 2.23. The maximum atomic E-state index is 13.1. The lowest BCUT2D eigenvalue weighted by molar-refractivity contribution is -0.134. The summed E-state index contributed by atoms with van der Waals surface area (Å²) in [6.07, 6.45) is 0. The van der Waals surface area contributed by atoms with Gasteiger partial charge in [-0.25, -0.2) is 9.18 Å². The number of nitrogens with zero attached hydrogens (tertiary/aromatic N) is 2. The molecule has 1 aliphatic heterocycles. The number of esters is 1. The Labute approximate surface area is 196 Å². The Bertz CT molecular complexity index is 1160. The molecule has 8 heteroatoms. The molecule has 4 rings (SSSR count). The predicted molar refractivity (Wildman–Crippen MR) is 126 cm³/mol. The maximum Gasteiger partial charge on any atom is 0.340 e. The molecule has 0 saturated carbocycles. The van der Waals surface area contributed by atoms with Crippen molar-refractivity contribution in [3.05, 3.63) is 95.8 Å². The number of hydrogen-bond donors (Lipinski definition) is 1. The van der Waals surface area contributed by atoms with Gasteiger partial charge < -0.3 is 19.9 Å². The van der Waals surface area contributed by atoms with Gasteiger partial charge in [0.2, 0.25) is 0 Å². The van der Waals surface area contributed by atoms with Gasteiger partial charge in [0, 0.05) is 37.4 Å². The highest BCUT2D eigenvalue weighted by molar-refractivity contribution is 6.08. The van der Waals surface area contributed by atoms with Crippen LogP contribution >= 0.6 is 0 Å². The van der Waals surface area contributed by atoms with Crippen molar-refractivity contribution in [1.82, 2.24) is 4.90 Å². The normalized spacial score (nSPS) is 13.3. The fraction of sp³-hybridized carbons (Fsp3) is 0.192. The number of piperazine rings is 1. The first-order valence-corrected chi connectivity index (χ1v) is 10.9. The van der Waals surface area contributed by atoms with Crippen LogP contribution in [0, 0.1) is 5.82 Å². The number of benzene rings is 3. The first-order valence-electron chi connectivity index (χ1n) is 10.9. The van der Waals surface area contributed by atoms with Crippen LogP contribution in [0.25, 0.3) is 0 Å². The molecule has 1 saturated heterocycles. The number of anilines is 2. The van der Waals surface area contributed by atoms with Crippen LogP contribution in [0.3, 0.4) is 0 Å². The number of halogens is 1. The number of para-hydroxylation sites is 1. The largest absolute Gasteiger partial charge is 0.452 e. The molecule has 0 aliphatic carbocycles. The summed E-state index contributed by atoms with van der Waals surface area (Å²) >= 11 is 0. The Balaban J connectivity index is 1.30. The van der Waals surface area contributed by atoms with E-state index in [9.17, 15) is 18.8 Å². The predicted octanol–water partition coefficient (Wildman–Crippen LogP) is 3.58. The topological polar surface area (TPSA) is 78.9 Å². The fourth-order valence-electron chi connectivity index (χ4n) is 3.72. The molecular weight excluding hydrogens is 437 g/mol. The number of hydrogen-bond acceptors (Lipinski definition) is 5. The average molecular weight is 461 g/mol. The lowest BCUT2D eigenvalue weighted by Gasteiger charge is -2.36. The molecule has 34 heavy (non-hydrogen) atoms. The van der Waals surface area contributed by atoms with Crippen LogP contribution in [-0.2, 0) is 9.53 Å². The van der Waals surface area contributed by atoms with E-state index in [-0.39, 0.29) is 23.2 Å². The molecule has 2 amide bonds. The van der Waals surface area contributed by atoms with Crippen LogP contribution in [0.2, 0.25) is 0 Å². The van der Waals surface area contributed by atoms with Gasteiger partial charge in [-0.15, -0.1) is 0 Å². The van der Waals surface area contributed by atoms with Crippen LogP contribution in [0.15, 0.2) is 78.9 Å². The number of nitrogens with one attached hydrogen (secondary N) is 1. The SMILES string of the molecule is O=C(Nc1ccccc1C(=O)OCC(=O)N1CCN(c2ccc(F)cc2)CC1)c1ccccc1. The lowest BCUT2D eigenvalue weighted by atomic mass is 10.1. The number of carbonyl (C=O) groups excluding carboxylic acids is 3. The number of carbonyl (C=O) groups is 3. The van der Waals surface area contributed by atoms with Crippen molar-refractivity contribution in [1.29, 1.82) is 0 Å². The Morgan fingerprint density at radius 2 is 1.47 bits per heavy atom. The minimum absolute atomic E-state index is 0.167. The third-order valence-electron chi connectivity index (χ3n) is 5.58. The van der Waals surface area contributed by atoms with Gasteiger partial charge in [0.25, 0.3) is 11.8 Å². The van der Waals surface area contributed by atoms with Crippen molar-refractivity contribution < 1.29 is 23.5 Å². The van der Waals surface area contributed by atoms with Gasteiger partial charge in [0.05, 0.1) is 11.3 Å². The molecule has 3 aromatic rings. The molecule has 1 heterocycles. The number of rotatable bonds is 6. The third-order valence-corrected chi connectivity index (χ3v) is 5.58. The number of amides is 2. The van der Waals surface area contributed by atoms with Crippen molar-refractivity contribution in [3.63, 3.8) is 0 Å². The minimum atomic E-state index is -0.692. The molecule has 174 valence electrons. The van der Waals surface area contributed by atoms with E-state index in [0.717, 1.165) is 5.69 Å². The van der Waals surface area contributed by atoms with Crippen LogP contribution < -0.4 is 10.2 Å². The molecule has 0 spiro atoms. The summed E-state index contributed by atoms with van der Waals surface area (Å²) in [5, 5.41) is 2.72. The van der Waals surface area contributed by atoms with Crippen LogP contribution in [-0.4, -0.2) is 55.5 Å². The summed E-state index contributed by atoms with van der Waals surface area (Å²) in [6, 6.07) is 21.4. The number of ether oxygens (including phenoxy) is 1. The van der Waals surface area contributed by atoms with E-state index in [0.29, 0.717) is 37.4 Å². The Kier molecular flexibility index (Phi) is 7.17. The molecule has 1 aliphatic rings. The van der Waals surface area contributed by atoms with Crippen molar-refractivity contribution in [2.75, 3.05) is 43.0 Å². The molecule has 1 fully saturated rings. The van der Waals surface area contributed by atoms with Gasteiger partial charge in [0.1, 0.15) is 5.82 Å². The smallest absolute Gasteiger partial charge is 0.340 e. The lowest BCUT2D eigenvalue weighted by Crippen LogP contribution is -2.49. The maximum absolute atomic E-state index is 13.1. The third kappa shape index (κ3) is 5.58. The summed E-state index contributed by atoms with van der Waals surface area (Å²) in [5.74, 6) is -1.63. The van der Waals surface area contributed by atoms with E-state index in [2.05, 4.69) is 10.2 Å². The van der Waals surface area contributed by atoms with E-state index in [1.807, 2.05) is 6.07 Å². The van der Waals surface area contributed by atoms with E-state index in [1.165, 1.54) is 18.2 Å². The van der Waals surface area contributed by atoms with E-state index < -0.39 is 12.6 Å². The average Bonchev–Trinajstić information content (AvgIpc) is 2.88. The monoisotopic (exact) mass is 461 g/mol. The summed E-state index contributed by atoms with van der Waals surface area (Å²) in [6.45, 7) is 1.74. The molecule has 0 aromatic heterocycles. The van der Waals surface area contributed by atoms with Gasteiger partial charge in [0.15, 0.2) is 6.61 Å². The molecule has 3 aromatic carbocycles. The zero-order valence-corrected chi connectivity index (χ0v) is 18.4. The molecule has 0 unspecified atom stereocenters. The van der Waals surface area contributed by atoms with E-state index in [1.54, 1.807) is 59.5 Å².